The van der Waals surface area contributed by atoms with Crippen LogP contribution < -0.4 is 5.32 Å². The minimum atomic E-state index is -0.646. The molecule has 0 aromatic heterocycles. The van der Waals surface area contributed by atoms with Crippen LogP contribution in [0.2, 0.25) is 0 Å². The molecule has 0 aliphatic heterocycles. The molecule has 0 aliphatic rings. The highest BCUT2D eigenvalue weighted by atomic mass is 19.1. The number of nitrogens with one attached hydrogen (secondary N) is 1. The Morgan fingerprint density at radius 3 is 2.48 bits per heavy atom. The van der Waals surface area contributed by atoms with Gasteiger partial charge in [0, 0.05) is 12.1 Å². The fraction of sp³-hybridized carbons (Fsp3) is 0.379. The van der Waals surface area contributed by atoms with Crippen LogP contribution in [-0.4, -0.2) is 29.9 Å². The molecular formula is C29H36FNO2. The first-order valence-corrected chi connectivity index (χ1v) is 11.6. The van der Waals surface area contributed by atoms with Gasteiger partial charge in [-0.2, -0.15) is 0 Å². The lowest BCUT2D eigenvalue weighted by molar-refractivity contribution is -0.00397. The van der Waals surface area contributed by atoms with E-state index in [2.05, 4.69) is 62.5 Å². The second-order valence-corrected chi connectivity index (χ2v) is 9.61. The summed E-state index contributed by atoms with van der Waals surface area (Å²) in [6.07, 6.45) is -0.134. The van der Waals surface area contributed by atoms with Gasteiger partial charge in [-0.1, -0.05) is 66.2 Å². The zero-order valence-electron chi connectivity index (χ0n) is 20.4. The second kappa shape index (κ2) is 11.1. The van der Waals surface area contributed by atoms with Crippen LogP contribution >= 0.6 is 0 Å². The quantitative estimate of drug-likeness (QED) is 0.390. The highest BCUT2D eigenvalue weighted by Gasteiger charge is 2.21. The molecule has 33 heavy (non-hydrogen) atoms. The van der Waals surface area contributed by atoms with E-state index in [9.17, 15) is 9.50 Å². The first kappa shape index (κ1) is 25.1. The molecule has 0 radical (unpaired) electrons. The van der Waals surface area contributed by atoms with E-state index in [4.69, 9.17) is 4.74 Å². The minimum absolute atomic E-state index is 0.153. The highest BCUT2D eigenvalue weighted by molar-refractivity contribution is 5.68. The Hall–Kier alpha value is -2.53. The van der Waals surface area contributed by atoms with Crippen molar-refractivity contribution in [1.29, 1.82) is 0 Å². The van der Waals surface area contributed by atoms with Crippen LogP contribution in [0.4, 0.5) is 4.39 Å². The van der Waals surface area contributed by atoms with E-state index >= 15 is 0 Å². The van der Waals surface area contributed by atoms with Gasteiger partial charge >= 0.3 is 0 Å². The van der Waals surface area contributed by atoms with Gasteiger partial charge in [0.05, 0.1) is 18.8 Å². The van der Waals surface area contributed by atoms with Crippen molar-refractivity contribution in [2.45, 2.75) is 58.8 Å². The lowest BCUT2D eigenvalue weighted by atomic mass is 9.94. The molecule has 1 unspecified atom stereocenters. The van der Waals surface area contributed by atoms with Crippen LogP contribution in [0, 0.1) is 19.7 Å². The van der Waals surface area contributed by atoms with Gasteiger partial charge in [0.1, 0.15) is 5.82 Å². The van der Waals surface area contributed by atoms with E-state index in [0.29, 0.717) is 18.5 Å². The van der Waals surface area contributed by atoms with Gasteiger partial charge in [-0.15, -0.1) is 0 Å². The van der Waals surface area contributed by atoms with E-state index in [0.717, 1.165) is 22.3 Å². The molecule has 3 aromatic carbocycles. The summed E-state index contributed by atoms with van der Waals surface area (Å²) >= 11 is 0. The lowest BCUT2D eigenvalue weighted by Gasteiger charge is -2.28. The smallest absolute Gasteiger partial charge is 0.126 e. The van der Waals surface area contributed by atoms with Gasteiger partial charge in [-0.3, -0.25) is 0 Å². The number of hydrogen-bond acceptors (Lipinski definition) is 3. The zero-order valence-corrected chi connectivity index (χ0v) is 20.4. The molecule has 3 aromatic rings. The van der Waals surface area contributed by atoms with Gasteiger partial charge in [-0.05, 0) is 74.9 Å². The lowest BCUT2D eigenvalue weighted by Crippen LogP contribution is -2.46. The molecule has 0 aliphatic carbocycles. The molecule has 2 N–H and O–H groups in total. The minimum Gasteiger partial charge on any atom is -0.389 e. The predicted molar refractivity (Wildman–Crippen MR) is 134 cm³/mol. The van der Waals surface area contributed by atoms with E-state index in [1.807, 2.05) is 25.1 Å². The number of β-amino-alcohol motifs (C(OH)–C–C–N with tert-alkyl or cyclic N) is 1. The Morgan fingerprint density at radius 2 is 1.76 bits per heavy atom. The summed E-state index contributed by atoms with van der Waals surface area (Å²) in [5.74, 6) is -0.184. The van der Waals surface area contributed by atoms with Crippen LogP contribution in [0.1, 0.15) is 49.1 Å². The molecule has 3 rings (SSSR count). The molecule has 4 heteroatoms. The fourth-order valence-corrected chi connectivity index (χ4v) is 4.04. The third kappa shape index (κ3) is 7.23. The van der Waals surface area contributed by atoms with Crippen LogP contribution in [0.15, 0.2) is 66.7 Å². The number of benzene rings is 3. The van der Waals surface area contributed by atoms with Crippen molar-refractivity contribution in [3.05, 3.63) is 94.8 Å². The zero-order chi connectivity index (χ0) is 24.0. The van der Waals surface area contributed by atoms with Crippen molar-refractivity contribution in [2.75, 3.05) is 13.2 Å². The predicted octanol–water partition coefficient (Wildman–Crippen LogP) is 6.16. The summed E-state index contributed by atoms with van der Waals surface area (Å²) in [7, 11) is 0. The molecule has 0 heterocycles. The maximum Gasteiger partial charge on any atom is 0.126 e. The first-order valence-electron chi connectivity index (χ1n) is 11.6. The molecule has 0 fully saturated rings. The maximum atomic E-state index is 13.9. The largest absolute Gasteiger partial charge is 0.389 e. The number of aliphatic hydroxyl groups excluding tert-OH is 1. The van der Waals surface area contributed by atoms with Crippen LogP contribution in [0.3, 0.4) is 0 Å². The molecule has 0 amide bonds. The first-order chi connectivity index (χ1) is 15.6. The Kier molecular flexibility index (Phi) is 8.41. The summed E-state index contributed by atoms with van der Waals surface area (Å²) in [6, 6.07) is 22.0. The van der Waals surface area contributed by atoms with E-state index in [-0.39, 0.29) is 24.1 Å². The van der Waals surface area contributed by atoms with Crippen molar-refractivity contribution in [3.63, 3.8) is 0 Å². The molecular weight excluding hydrogens is 413 g/mol. The second-order valence-electron chi connectivity index (χ2n) is 9.61. The summed E-state index contributed by atoms with van der Waals surface area (Å²) in [5.41, 5.74) is 5.92. The third-order valence-electron chi connectivity index (χ3n) is 5.97. The summed E-state index contributed by atoms with van der Waals surface area (Å²) in [6.45, 7) is 10.6. The Labute approximate surface area is 197 Å². The van der Waals surface area contributed by atoms with Crippen molar-refractivity contribution in [2.24, 2.45) is 0 Å². The van der Waals surface area contributed by atoms with Crippen molar-refractivity contribution in [3.8, 4) is 11.1 Å². The summed E-state index contributed by atoms with van der Waals surface area (Å²) in [5, 5.41) is 13.9. The summed E-state index contributed by atoms with van der Waals surface area (Å²) in [4.78, 5) is 0. The number of aliphatic hydroxyl groups is 1. The van der Waals surface area contributed by atoms with Gasteiger partial charge in [0.25, 0.3) is 0 Å². The van der Waals surface area contributed by atoms with Crippen LogP contribution in [-0.2, 0) is 11.2 Å². The third-order valence-corrected chi connectivity index (χ3v) is 5.97. The Morgan fingerprint density at radius 1 is 1.00 bits per heavy atom. The van der Waals surface area contributed by atoms with Crippen LogP contribution in [0.25, 0.3) is 11.1 Å². The molecule has 2 atom stereocenters. The number of ether oxygens (including phenoxy) is 1. The van der Waals surface area contributed by atoms with Gasteiger partial charge in [0.2, 0.25) is 0 Å². The number of hydrogen-bond donors (Lipinski definition) is 2. The monoisotopic (exact) mass is 449 g/mol. The van der Waals surface area contributed by atoms with Crippen molar-refractivity contribution >= 4 is 0 Å². The van der Waals surface area contributed by atoms with Crippen molar-refractivity contribution < 1.29 is 14.2 Å². The average molecular weight is 450 g/mol. The topological polar surface area (TPSA) is 41.5 Å². The number of aryl methyl sites for hydroxylation is 2. The SMILES string of the molecule is Cc1cccc(-c2ccccc2C(C)OC[C@H](O)CNC(C)(C)Cc2ccc(C)c(F)c2)c1. The molecule has 176 valence electrons. The number of rotatable bonds is 10. The molecule has 0 saturated heterocycles. The van der Waals surface area contributed by atoms with Gasteiger partial charge in [-0.25, -0.2) is 4.39 Å². The molecule has 0 spiro atoms. The molecule has 0 saturated carbocycles. The number of halogens is 1. The highest BCUT2D eigenvalue weighted by Crippen LogP contribution is 2.30. The summed E-state index contributed by atoms with van der Waals surface area (Å²) < 4.78 is 19.9. The standard InChI is InChI=1S/C29H36FNO2/c1-20-9-8-10-24(15-20)27-12-7-6-11-26(27)22(3)33-19-25(32)18-31-29(4,5)17-23-14-13-21(2)28(30)16-23/h6-16,22,25,31-32H,17-19H2,1-5H3/t22?,25-/m1/s1. The van der Waals surface area contributed by atoms with E-state index in [1.54, 1.807) is 19.1 Å². The van der Waals surface area contributed by atoms with Gasteiger partial charge < -0.3 is 15.2 Å². The normalized spacial score (nSPS) is 13.7. The molecule has 3 nitrogen and oxygen atoms in total. The van der Waals surface area contributed by atoms with E-state index < -0.39 is 6.10 Å². The maximum absolute atomic E-state index is 13.9. The van der Waals surface area contributed by atoms with Gasteiger partial charge in [0.15, 0.2) is 0 Å². The van der Waals surface area contributed by atoms with Crippen LogP contribution in [0.5, 0.6) is 0 Å². The van der Waals surface area contributed by atoms with Crippen molar-refractivity contribution in [1.82, 2.24) is 5.32 Å². The average Bonchev–Trinajstić information content (AvgIpc) is 2.78. The molecule has 0 bridgehead atoms. The fourth-order valence-electron chi connectivity index (χ4n) is 4.04. The Balaban J connectivity index is 1.54. The van der Waals surface area contributed by atoms with E-state index in [1.165, 1.54) is 5.56 Å². The Bertz CT molecular complexity index is 1060.